The van der Waals surface area contributed by atoms with E-state index in [1.165, 1.54) is 0 Å². The van der Waals surface area contributed by atoms with Crippen molar-refractivity contribution in [1.82, 2.24) is 9.78 Å². The second-order valence-corrected chi connectivity index (χ2v) is 6.07. The van der Waals surface area contributed by atoms with E-state index in [1.54, 1.807) is 6.21 Å². The monoisotopic (exact) mass is 338 g/mol. The van der Waals surface area contributed by atoms with Crippen molar-refractivity contribution in [3.8, 4) is 5.69 Å². The molecule has 0 fully saturated rings. The maximum atomic E-state index is 6.13. The van der Waals surface area contributed by atoms with Crippen molar-refractivity contribution >= 4 is 23.5 Å². The number of nitrogens with zero attached hydrogens (tertiary/aromatic N) is 3. The Balaban J connectivity index is 1.82. The fourth-order valence-electron chi connectivity index (χ4n) is 2.50. The largest absolute Gasteiger partial charge is 0.278 e. The van der Waals surface area contributed by atoms with E-state index in [2.05, 4.69) is 15.6 Å². The third-order valence-corrected chi connectivity index (χ3v) is 4.31. The summed E-state index contributed by atoms with van der Waals surface area (Å²) in [4.78, 5) is 0. The van der Waals surface area contributed by atoms with Gasteiger partial charge in [-0.15, -0.1) is 0 Å². The van der Waals surface area contributed by atoms with E-state index in [9.17, 15) is 0 Å². The summed E-state index contributed by atoms with van der Waals surface area (Å²) in [7, 11) is 0. The summed E-state index contributed by atoms with van der Waals surface area (Å²) in [5.74, 6) is 0. The molecule has 2 aromatic carbocycles. The fraction of sp³-hybridized carbons (Fsp3) is 0.158. The lowest BCUT2D eigenvalue weighted by Gasteiger charge is -2.04. The van der Waals surface area contributed by atoms with Gasteiger partial charge in [-0.05, 0) is 50.6 Å². The molecule has 122 valence electrons. The molecule has 1 N–H and O–H groups in total. The zero-order chi connectivity index (χ0) is 17.1. The minimum atomic E-state index is 0.722. The van der Waals surface area contributed by atoms with Gasteiger partial charge in [0.2, 0.25) is 0 Å². The number of benzene rings is 2. The Morgan fingerprint density at radius 1 is 1.08 bits per heavy atom. The Kier molecular flexibility index (Phi) is 4.67. The van der Waals surface area contributed by atoms with Crippen molar-refractivity contribution in [2.45, 2.75) is 20.8 Å². The number of hydrogen-bond donors (Lipinski definition) is 1. The second kappa shape index (κ2) is 6.89. The number of aryl methyl sites for hydroxylation is 2. The van der Waals surface area contributed by atoms with Crippen LogP contribution in [0, 0.1) is 20.8 Å². The zero-order valence-corrected chi connectivity index (χ0v) is 14.7. The van der Waals surface area contributed by atoms with Gasteiger partial charge >= 0.3 is 0 Å². The maximum absolute atomic E-state index is 6.13. The Hall–Kier alpha value is -2.59. The first-order valence-electron chi connectivity index (χ1n) is 7.73. The van der Waals surface area contributed by atoms with Crippen LogP contribution in [-0.2, 0) is 0 Å². The predicted molar refractivity (Wildman–Crippen MR) is 100 cm³/mol. The molecule has 0 bridgehead atoms. The molecule has 4 nitrogen and oxygen atoms in total. The van der Waals surface area contributed by atoms with Crippen molar-refractivity contribution in [2.24, 2.45) is 5.10 Å². The van der Waals surface area contributed by atoms with Gasteiger partial charge in [-0.25, -0.2) is 4.68 Å². The van der Waals surface area contributed by atoms with Gasteiger partial charge in [0, 0.05) is 10.6 Å². The Morgan fingerprint density at radius 2 is 1.83 bits per heavy atom. The average Bonchev–Trinajstić information content (AvgIpc) is 2.87. The van der Waals surface area contributed by atoms with Crippen LogP contribution in [0.5, 0.6) is 0 Å². The first-order chi connectivity index (χ1) is 11.6. The number of aromatic nitrogens is 2. The van der Waals surface area contributed by atoms with E-state index in [0.29, 0.717) is 0 Å². The van der Waals surface area contributed by atoms with Crippen LogP contribution in [0.15, 0.2) is 53.6 Å². The maximum Gasteiger partial charge on any atom is 0.0689 e. The molecule has 3 rings (SSSR count). The van der Waals surface area contributed by atoms with Crippen molar-refractivity contribution in [3.05, 3.63) is 76.1 Å². The molecule has 0 saturated carbocycles. The van der Waals surface area contributed by atoms with Crippen molar-refractivity contribution in [1.29, 1.82) is 0 Å². The highest BCUT2D eigenvalue weighted by atomic mass is 35.5. The lowest BCUT2D eigenvalue weighted by atomic mass is 10.2. The van der Waals surface area contributed by atoms with Gasteiger partial charge in [0.05, 0.1) is 29.0 Å². The molecule has 0 aliphatic heterocycles. The summed E-state index contributed by atoms with van der Waals surface area (Å²) < 4.78 is 1.93. The van der Waals surface area contributed by atoms with Crippen molar-refractivity contribution in [2.75, 3.05) is 5.43 Å². The molecular formula is C19H19ClN4. The van der Waals surface area contributed by atoms with E-state index < -0.39 is 0 Å². The molecule has 0 radical (unpaired) electrons. The van der Waals surface area contributed by atoms with Crippen LogP contribution in [0.2, 0.25) is 5.02 Å². The standard InChI is InChI=1S/C19H19ClN4/c1-13-9-10-16(11-19(13)20)22-21-12-18-14(2)23-24(15(18)3)17-7-5-4-6-8-17/h4-12,22H,1-3H3/b21-12-. The molecule has 0 spiro atoms. The summed E-state index contributed by atoms with van der Waals surface area (Å²) in [6.45, 7) is 5.99. The number of nitrogens with one attached hydrogen (secondary N) is 1. The first-order valence-corrected chi connectivity index (χ1v) is 8.11. The molecule has 1 heterocycles. The number of halogens is 1. The highest BCUT2D eigenvalue weighted by Crippen LogP contribution is 2.20. The SMILES string of the molecule is Cc1ccc(N/N=C\c2c(C)nn(-c3ccccc3)c2C)cc1Cl. The number of anilines is 1. The van der Waals surface area contributed by atoms with Crippen LogP contribution in [0.25, 0.3) is 5.69 Å². The zero-order valence-electron chi connectivity index (χ0n) is 13.9. The van der Waals surface area contributed by atoms with Gasteiger partial charge in [-0.1, -0.05) is 35.9 Å². The van der Waals surface area contributed by atoms with Crippen molar-refractivity contribution in [3.63, 3.8) is 0 Å². The average molecular weight is 339 g/mol. The Labute approximate surface area is 146 Å². The molecule has 0 unspecified atom stereocenters. The van der Waals surface area contributed by atoms with E-state index in [-0.39, 0.29) is 0 Å². The van der Waals surface area contributed by atoms with Gasteiger partial charge in [0.1, 0.15) is 0 Å². The topological polar surface area (TPSA) is 42.2 Å². The molecule has 0 atom stereocenters. The molecule has 5 heteroatoms. The van der Waals surface area contributed by atoms with Crippen molar-refractivity contribution < 1.29 is 0 Å². The smallest absolute Gasteiger partial charge is 0.0689 e. The predicted octanol–water partition coefficient (Wildman–Crippen LogP) is 4.90. The molecule has 1 aromatic heterocycles. The number of rotatable bonds is 4. The van der Waals surface area contributed by atoms with Gasteiger partial charge in [0.15, 0.2) is 0 Å². The second-order valence-electron chi connectivity index (χ2n) is 5.67. The molecule has 24 heavy (non-hydrogen) atoms. The van der Waals surface area contributed by atoms with Crippen LogP contribution in [0.1, 0.15) is 22.5 Å². The minimum absolute atomic E-state index is 0.722. The number of hydrazone groups is 1. The molecule has 0 aliphatic rings. The summed E-state index contributed by atoms with van der Waals surface area (Å²) in [6.07, 6.45) is 1.80. The quantitative estimate of drug-likeness (QED) is 0.543. The Morgan fingerprint density at radius 3 is 2.54 bits per heavy atom. The molecule has 0 saturated heterocycles. The van der Waals surface area contributed by atoms with Crippen LogP contribution in [0.3, 0.4) is 0 Å². The highest BCUT2D eigenvalue weighted by Gasteiger charge is 2.10. The molecule has 0 aliphatic carbocycles. The summed E-state index contributed by atoms with van der Waals surface area (Å²) in [6, 6.07) is 15.8. The van der Waals surface area contributed by atoms with Gasteiger partial charge in [0.25, 0.3) is 0 Å². The molecular weight excluding hydrogens is 320 g/mol. The number of para-hydroxylation sites is 1. The lowest BCUT2D eigenvalue weighted by Crippen LogP contribution is -1.99. The van der Waals surface area contributed by atoms with Gasteiger partial charge in [-0.3, -0.25) is 5.43 Å². The van der Waals surface area contributed by atoms with E-state index in [0.717, 1.165) is 38.9 Å². The van der Waals surface area contributed by atoms with Crippen LogP contribution < -0.4 is 5.43 Å². The van der Waals surface area contributed by atoms with Crippen LogP contribution in [-0.4, -0.2) is 16.0 Å². The third-order valence-electron chi connectivity index (χ3n) is 3.91. The van der Waals surface area contributed by atoms with Crippen LogP contribution >= 0.6 is 11.6 Å². The lowest BCUT2D eigenvalue weighted by molar-refractivity contribution is 0.833. The molecule has 0 amide bonds. The first kappa shape index (κ1) is 16.3. The normalized spacial score (nSPS) is 11.2. The van der Waals surface area contributed by atoms with Gasteiger partial charge in [-0.2, -0.15) is 10.2 Å². The third kappa shape index (κ3) is 3.34. The minimum Gasteiger partial charge on any atom is -0.278 e. The summed E-state index contributed by atoms with van der Waals surface area (Å²) >= 11 is 6.13. The number of hydrogen-bond acceptors (Lipinski definition) is 3. The van der Waals surface area contributed by atoms with E-state index in [4.69, 9.17) is 11.6 Å². The highest BCUT2D eigenvalue weighted by molar-refractivity contribution is 6.31. The summed E-state index contributed by atoms with van der Waals surface area (Å²) in [5, 5.41) is 9.65. The molecule has 3 aromatic rings. The van der Waals surface area contributed by atoms with Crippen LogP contribution in [0.4, 0.5) is 5.69 Å². The fourth-order valence-corrected chi connectivity index (χ4v) is 2.68. The van der Waals surface area contributed by atoms with E-state index >= 15 is 0 Å². The summed E-state index contributed by atoms with van der Waals surface area (Å²) in [5.41, 5.74) is 8.93. The van der Waals surface area contributed by atoms with E-state index in [1.807, 2.05) is 74.0 Å². The van der Waals surface area contributed by atoms with Gasteiger partial charge < -0.3 is 0 Å². The Bertz CT molecular complexity index is 882.